The number of H-pyrrole nitrogens is 1. The van der Waals surface area contributed by atoms with Crippen molar-refractivity contribution in [3.05, 3.63) is 63.5 Å². The lowest BCUT2D eigenvalue weighted by Crippen LogP contribution is -2.03. The van der Waals surface area contributed by atoms with Crippen LogP contribution in [0.2, 0.25) is 10.3 Å². The minimum Gasteiger partial charge on any atom is -0.361 e. The summed E-state index contributed by atoms with van der Waals surface area (Å²) < 4.78 is 0. The Morgan fingerprint density at radius 1 is 1.14 bits per heavy atom. The third-order valence-corrected chi connectivity index (χ3v) is 4.02. The van der Waals surface area contributed by atoms with Crippen LogP contribution in [0.4, 0.5) is 0 Å². The summed E-state index contributed by atoms with van der Waals surface area (Å²) in [4.78, 5) is 7.39. The molecule has 0 amide bonds. The van der Waals surface area contributed by atoms with Crippen LogP contribution in [-0.4, -0.2) is 17.0 Å². The Kier molecular flexibility index (Phi) is 4.15. The largest absolute Gasteiger partial charge is 0.361 e. The second kappa shape index (κ2) is 6.06. The summed E-state index contributed by atoms with van der Waals surface area (Å²) in [6.07, 6.45) is 2.78. The molecular weight excluding hydrogens is 305 g/mol. The Morgan fingerprint density at radius 3 is 2.76 bits per heavy atom. The van der Waals surface area contributed by atoms with Gasteiger partial charge in [-0.3, -0.25) is 0 Å². The molecule has 0 unspecified atom stereocenters. The highest BCUT2D eigenvalue weighted by molar-refractivity contribution is 6.32. The van der Waals surface area contributed by atoms with Gasteiger partial charge in [0.2, 0.25) is 0 Å². The number of hydrogen-bond acceptors (Lipinski definition) is 2. The molecule has 0 aliphatic carbocycles. The summed E-state index contributed by atoms with van der Waals surface area (Å²) in [7, 11) is 1.95. The van der Waals surface area contributed by atoms with Gasteiger partial charge in [-0.2, -0.15) is 0 Å². The summed E-state index contributed by atoms with van der Waals surface area (Å²) in [6.45, 7) is 0.853. The SMILES string of the molecule is CNCc1c[nH]c2cc(Cc3ccc(Cl)nc3Cl)ccc12. The summed E-state index contributed by atoms with van der Waals surface area (Å²) in [5.41, 5.74) is 4.56. The van der Waals surface area contributed by atoms with Crippen LogP contribution in [0.1, 0.15) is 16.7 Å². The van der Waals surface area contributed by atoms with Gasteiger partial charge in [-0.15, -0.1) is 0 Å². The van der Waals surface area contributed by atoms with E-state index >= 15 is 0 Å². The van der Waals surface area contributed by atoms with Gasteiger partial charge in [0.05, 0.1) is 0 Å². The lowest BCUT2D eigenvalue weighted by Gasteiger charge is -2.05. The fourth-order valence-corrected chi connectivity index (χ4v) is 2.88. The molecule has 2 aromatic heterocycles. The number of aromatic nitrogens is 2. The Bertz CT molecular complexity index is 780. The van der Waals surface area contributed by atoms with Crippen molar-refractivity contribution in [2.75, 3.05) is 7.05 Å². The molecule has 5 heteroatoms. The number of pyridine rings is 1. The van der Waals surface area contributed by atoms with Gasteiger partial charge < -0.3 is 10.3 Å². The number of benzene rings is 1. The maximum Gasteiger partial charge on any atom is 0.134 e. The highest BCUT2D eigenvalue weighted by atomic mass is 35.5. The molecule has 2 N–H and O–H groups in total. The zero-order valence-corrected chi connectivity index (χ0v) is 13.1. The maximum absolute atomic E-state index is 6.13. The average molecular weight is 320 g/mol. The quantitative estimate of drug-likeness (QED) is 0.708. The minimum absolute atomic E-state index is 0.417. The average Bonchev–Trinajstić information content (AvgIpc) is 2.85. The molecule has 0 atom stereocenters. The fourth-order valence-electron chi connectivity index (χ4n) is 2.47. The van der Waals surface area contributed by atoms with Crippen LogP contribution in [0.3, 0.4) is 0 Å². The van der Waals surface area contributed by atoms with E-state index in [0.717, 1.165) is 24.0 Å². The molecule has 0 aliphatic rings. The summed E-state index contributed by atoms with van der Waals surface area (Å²) in [6, 6.07) is 10.1. The van der Waals surface area contributed by atoms with Crippen molar-refractivity contribution in [3.8, 4) is 0 Å². The zero-order valence-electron chi connectivity index (χ0n) is 11.6. The molecule has 0 aliphatic heterocycles. The second-order valence-electron chi connectivity index (χ2n) is 4.98. The topological polar surface area (TPSA) is 40.7 Å². The smallest absolute Gasteiger partial charge is 0.134 e. The van der Waals surface area contributed by atoms with Gasteiger partial charge in [0.15, 0.2) is 0 Å². The van der Waals surface area contributed by atoms with Crippen molar-refractivity contribution in [1.82, 2.24) is 15.3 Å². The molecule has 3 aromatic rings. The van der Waals surface area contributed by atoms with Gasteiger partial charge >= 0.3 is 0 Å². The van der Waals surface area contributed by atoms with Crippen molar-refractivity contribution < 1.29 is 0 Å². The lowest BCUT2D eigenvalue weighted by molar-refractivity contribution is 0.823. The van der Waals surface area contributed by atoms with Gasteiger partial charge in [-0.25, -0.2) is 4.98 Å². The van der Waals surface area contributed by atoms with Crippen LogP contribution >= 0.6 is 23.2 Å². The molecule has 2 heterocycles. The predicted molar refractivity (Wildman–Crippen MR) is 88.1 cm³/mol. The predicted octanol–water partition coefficient (Wildman–Crippen LogP) is 4.18. The van der Waals surface area contributed by atoms with E-state index in [1.54, 1.807) is 6.07 Å². The van der Waals surface area contributed by atoms with E-state index in [0.29, 0.717) is 10.3 Å². The van der Waals surface area contributed by atoms with Gasteiger partial charge in [0.25, 0.3) is 0 Å². The van der Waals surface area contributed by atoms with E-state index < -0.39 is 0 Å². The molecule has 1 aromatic carbocycles. The van der Waals surface area contributed by atoms with Crippen LogP contribution in [0, 0.1) is 0 Å². The normalized spacial score (nSPS) is 11.2. The van der Waals surface area contributed by atoms with Crippen molar-refractivity contribution in [2.24, 2.45) is 0 Å². The Hall–Kier alpha value is -1.55. The van der Waals surface area contributed by atoms with E-state index in [1.807, 2.05) is 19.3 Å². The first-order valence-electron chi connectivity index (χ1n) is 6.72. The Morgan fingerprint density at radius 2 is 2.00 bits per heavy atom. The van der Waals surface area contributed by atoms with E-state index in [4.69, 9.17) is 23.2 Å². The molecule has 3 nitrogen and oxygen atoms in total. The molecule has 0 fully saturated rings. The third-order valence-electron chi connectivity index (χ3n) is 3.49. The molecule has 108 valence electrons. The second-order valence-corrected chi connectivity index (χ2v) is 5.73. The first kappa shape index (κ1) is 14.4. The van der Waals surface area contributed by atoms with E-state index in [1.165, 1.54) is 16.5 Å². The first-order chi connectivity index (χ1) is 10.2. The number of hydrogen-bond donors (Lipinski definition) is 2. The molecule has 0 radical (unpaired) electrons. The summed E-state index contributed by atoms with van der Waals surface area (Å²) in [5.74, 6) is 0. The molecule has 3 rings (SSSR count). The van der Waals surface area contributed by atoms with Gasteiger partial charge in [0, 0.05) is 30.1 Å². The first-order valence-corrected chi connectivity index (χ1v) is 7.47. The number of halogens is 2. The van der Waals surface area contributed by atoms with Crippen LogP contribution in [-0.2, 0) is 13.0 Å². The zero-order chi connectivity index (χ0) is 14.8. The number of fused-ring (bicyclic) bond motifs is 1. The standard InChI is InChI=1S/C16H15Cl2N3/c1-19-8-12-9-20-14-7-10(2-4-13(12)14)6-11-3-5-15(17)21-16(11)18/h2-5,7,9,19-20H,6,8H2,1H3. The fraction of sp³-hybridized carbons (Fsp3) is 0.188. The monoisotopic (exact) mass is 319 g/mol. The van der Waals surface area contributed by atoms with Crippen molar-refractivity contribution in [1.29, 1.82) is 0 Å². The Labute approximate surface area is 133 Å². The van der Waals surface area contributed by atoms with Crippen molar-refractivity contribution in [2.45, 2.75) is 13.0 Å². The van der Waals surface area contributed by atoms with Crippen LogP contribution < -0.4 is 5.32 Å². The highest BCUT2D eigenvalue weighted by Gasteiger charge is 2.07. The highest BCUT2D eigenvalue weighted by Crippen LogP contribution is 2.24. The number of nitrogens with one attached hydrogen (secondary N) is 2. The van der Waals surface area contributed by atoms with Crippen molar-refractivity contribution in [3.63, 3.8) is 0 Å². The molecule has 0 saturated heterocycles. The summed E-state index contributed by atoms with van der Waals surface area (Å²) in [5, 5.41) is 5.29. The molecule has 21 heavy (non-hydrogen) atoms. The van der Waals surface area contributed by atoms with E-state index in [2.05, 4.69) is 33.5 Å². The molecule has 0 saturated carbocycles. The Balaban J connectivity index is 1.91. The molecular formula is C16H15Cl2N3. The van der Waals surface area contributed by atoms with E-state index in [-0.39, 0.29) is 0 Å². The molecule has 0 spiro atoms. The molecule has 0 bridgehead atoms. The lowest BCUT2D eigenvalue weighted by atomic mass is 10.0. The number of nitrogens with zero attached hydrogens (tertiary/aromatic N) is 1. The van der Waals surface area contributed by atoms with Crippen LogP contribution in [0.25, 0.3) is 10.9 Å². The van der Waals surface area contributed by atoms with E-state index in [9.17, 15) is 0 Å². The van der Waals surface area contributed by atoms with Gasteiger partial charge in [-0.1, -0.05) is 41.4 Å². The number of aromatic amines is 1. The van der Waals surface area contributed by atoms with Gasteiger partial charge in [0.1, 0.15) is 10.3 Å². The minimum atomic E-state index is 0.417. The number of rotatable bonds is 4. The van der Waals surface area contributed by atoms with Crippen LogP contribution in [0.5, 0.6) is 0 Å². The third kappa shape index (κ3) is 3.05. The van der Waals surface area contributed by atoms with Gasteiger partial charge in [-0.05, 0) is 35.9 Å². The van der Waals surface area contributed by atoms with Crippen molar-refractivity contribution >= 4 is 34.1 Å². The summed E-state index contributed by atoms with van der Waals surface area (Å²) >= 11 is 12.0. The maximum atomic E-state index is 6.13. The van der Waals surface area contributed by atoms with Crippen LogP contribution in [0.15, 0.2) is 36.5 Å².